The molecule has 0 aromatic rings. The van der Waals surface area contributed by atoms with E-state index in [2.05, 4.69) is 32.9 Å². The highest BCUT2D eigenvalue weighted by Gasteiger charge is 2.57. The third kappa shape index (κ3) is 3.57. The van der Waals surface area contributed by atoms with E-state index in [0.29, 0.717) is 35.5 Å². The second kappa shape index (κ2) is 7.64. The summed E-state index contributed by atoms with van der Waals surface area (Å²) >= 11 is 0. The number of ketones is 1. The van der Waals surface area contributed by atoms with Gasteiger partial charge in [0.1, 0.15) is 5.78 Å². The first-order valence-corrected chi connectivity index (χ1v) is 11.9. The Morgan fingerprint density at radius 1 is 1.14 bits per heavy atom. The predicted octanol–water partition coefficient (Wildman–Crippen LogP) is 5.21. The largest absolute Gasteiger partial charge is 0.393 e. The highest BCUT2D eigenvalue weighted by molar-refractivity contribution is 5.75. The summed E-state index contributed by atoms with van der Waals surface area (Å²) in [6, 6.07) is 0. The molecule has 0 bridgehead atoms. The van der Waals surface area contributed by atoms with Crippen LogP contribution in [0.3, 0.4) is 0 Å². The topological polar surface area (TPSA) is 57.5 Å². The molecule has 2 N–H and O–H groups in total. The van der Waals surface area contributed by atoms with Crippen LogP contribution in [0.25, 0.3) is 0 Å². The SMILES string of the molecule is CC(=O)CC(O)C[C@@H](C)[C@H]1CC[C@H]2C3=CC=C4C[C@@H](O)CC[C@]4(C)[C@H]3CC[C@]12C. The lowest BCUT2D eigenvalue weighted by atomic mass is 9.50. The Balaban J connectivity index is 1.54. The Kier molecular flexibility index (Phi) is 5.61. The summed E-state index contributed by atoms with van der Waals surface area (Å²) in [5.41, 5.74) is 3.71. The van der Waals surface area contributed by atoms with Crippen molar-refractivity contribution in [3.63, 3.8) is 0 Å². The Morgan fingerprint density at radius 2 is 1.90 bits per heavy atom. The zero-order chi connectivity index (χ0) is 21.0. The Hall–Kier alpha value is -0.930. The van der Waals surface area contributed by atoms with Crippen LogP contribution < -0.4 is 0 Å². The average molecular weight is 401 g/mol. The maximum Gasteiger partial charge on any atom is 0.132 e. The van der Waals surface area contributed by atoms with Gasteiger partial charge in [0.25, 0.3) is 0 Å². The van der Waals surface area contributed by atoms with E-state index in [1.165, 1.54) is 31.3 Å². The van der Waals surface area contributed by atoms with E-state index in [1.807, 2.05) is 0 Å². The smallest absolute Gasteiger partial charge is 0.132 e. The van der Waals surface area contributed by atoms with Gasteiger partial charge in [-0.3, -0.25) is 4.79 Å². The normalized spacial score (nSPS) is 43.4. The fraction of sp³-hybridized carbons (Fsp3) is 0.808. The molecule has 0 aromatic carbocycles. The van der Waals surface area contributed by atoms with Gasteiger partial charge in [-0.15, -0.1) is 0 Å². The molecule has 0 heterocycles. The molecule has 4 aliphatic rings. The summed E-state index contributed by atoms with van der Waals surface area (Å²) < 4.78 is 0. The van der Waals surface area contributed by atoms with Crippen LogP contribution in [-0.4, -0.2) is 28.2 Å². The molecule has 0 radical (unpaired) electrons. The molecule has 3 heteroatoms. The molecule has 0 aliphatic heterocycles. The van der Waals surface area contributed by atoms with Gasteiger partial charge in [0, 0.05) is 6.42 Å². The highest BCUT2D eigenvalue weighted by Crippen LogP contribution is 2.66. The van der Waals surface area contributed by atoms with E-state index >= 15 is 0 Å². The van der Waals surface area contributed by atoms with E-state index in [-0.39, 0.29) is 17.3 Å². The van der Waals surface area contributed by atoms with Crippen LogP contribution in [0.1, 0.15) is 85.5 Å². The quantitative estimate of drug-likeness (QED) is 0.666. The average Bonchev–Trinajstić information content (AvgIpc) is 2.99. The van der Waals surface area contributed by atoms with Crippen LogP contribution >= 0.6 is 0 Å². The van der Waals surface area contributed by atoms with E-state index in [4.69, 9.17) is 0 Å². The first-order chi connectivity index (χ1) is 13.6. The molecule has 4 aliphatic carbocycles. The van der Waals surface area contributed by atoms with Crippen molar-refractivity contribution in [1.29, 1.82) is 0 Å². The third-order valence-corrected chi connectivity index (χ3v) is 9.47. The van der Waals surface area contributed by atoms with Crippen molar-refractivity contribution in [2.45, 2.75) is 97.7 Å². The van der Waals surface area contributed by atoms with E-state index in [0.717, 1.165) is 25.7 Å². The summed E-state index contributed by atoms with van der Waals surface area (Å²) in [6.45, 7) is 8.83. The Bertz CT molecular complexity index is 721. The van der Waals surface area contributed by atoms with E-state index < -0.39 is 6.10 Å². The number of allylic oxidation sites excluding steroid dienone is 3. The summed E-state index contributed by atoms with van der Waals surface area (Å²) in [6.07, 6.45) is 13.1. The van der Waals surface area contributed by atoms with Crippen molar-refractivity contribution in [1.82, 2.24) is 0 Å². The van der Waals surface area contributed by atoms with E-state index in [1.54, 1.807) is 12.5 Å². The van der Waals surface area contributed by atoms with Crippen LogP contribution in [0.4, 0.5) is 0 Å². The van der Waals surface area contributed by atoms with Gasteiger partial charge in [-0.05, 0) is 92.8 Å². The number of aliphatic hydroxyl groups is 2. The summed E-state index contributed by atoms with van der Waals surface area (Å²) in [5, 5.41) is 20.5. The van der Waals surface area contributed by atoms with Crippen molar-refractivity contribution in [2.75, 3.05) is 0 Å². The zero-order valence-corrected chi connectivity index (χ0v) is 18.8. The summed E-state index contributed by atoms with van der Waals surface area (Å²) in [7, 11) is 0. The molecule has 1 unspecified atom stereocenters. The van der Waals surface area contributed by atoms with Crippen LogP contribution in [0.15, 0.2) is 23.3 Å². The molecule has 8 atom stereocenters. The number of rotatable bonds is 5. The molecule has 29 heavy (non-hydrogen) atoms. The third-order valence-electron chi connectivity index (χ3n) is 9.47. The molecule has 0 spiro atoms. The van der Waals surface area contributed by atoms with Crippen LogP contribution in [0.2, 0.25) is 0 Å². The van der Waals surface area contributed by atoms with Crippen molar-refractivity contribution < 1.29 is 15.0 Å². The minimum atomic E-state index is -0.492. The minimum Gasteiger partial charge on any atom is -0.393 e. The number of hydrogen-bond donors (Lipinski definition) is 2. The van der Waals surface area contributed by atoms with Crippen LogP contribution in [0, 0.1) is 34.5 Å². The lowest BCUT2D eigenvalue weighted by Gasteiger charge is -2.55. The molecule has 162 valence electrons. The van der Waals surface area contributed by atoms with Crippen molar-refractivity contribution >= 4 is 5.78 Å². The molecule has 3 fully saturated rings. The minimum absolute atomic E-state index is 0.0847. The maximum atomic E-state index is 11.4. The second-order valence-corrected chi connectivity index (χ2v) is 11.3. The Morgan fingerprint density at radius 3 is 2.62 bits per heavy atom. The van der Waals surface area contributed by atoms with Crippen LogP contribution in [0.5, 0.6) is 0 Å². The maximum absolute atomic E-state index is 11.4. The Labute approximate surface area is 176 Å². The van der Waals surface area contributed by atoms with Crippen molar-refractivity contribution in [2.24, 2.45) is 34.5 Å². The first kappa shape index (κ1) is 21.3. The number of carbonyl (C=O) groups excluding carboxylic acids is 1. The lowest BCUT2D eigenvalue weighted by Crippen LogP contribution is -2.46. The molecular weight excluding hydrogens is 360 g/mol. The molecule has 4 rings (SSSR count). The van der Waals surface area contributed by atoms with Gasteiger partial charge in [0.2, 0.25) is 0 Å². The number of aliphatic hydroxyl groups excluding tert-OH is 2. The van der Waals surface area contributed by atoms with Crippen molar-refractivity contribution in [3.8, 4) is 0 Å². The zero-order valence-electron chi connectivity index (χ0n) is 18.8. The first-order valence-electron chi connectivity index (χ1n) is 11.9. The molecule has 0 amide bonds. The van der Waals surface area contributed by atoms with E-state index in [9.17, 15) is 15.0 Å². The predicted molar refractivity (Wildman–Crippen MR) is 116 cm³/mol. The highest BCUT2D eigenvalue weighted by atomic mass is 16.3. The molecule has 3 nitrogen and oxygen atoms in total. The van der Waals surface area contributed by atoms with Crippen molar-refractivity contribution in [3.05, 3.63) is 23.3 Å². The standard InChI is InChI=1S/C26H40O3/c1-16(13-20(29)14-17(2)27)22-7-8-23-21-6-5-18-15-19(28)9-11-25(18,3)24(21)10-12-26(22,23)4/h5-6,16,19-20,22-24,28-29H,7-15H2,1-4H3/t16-,19+,20?,22-,23+,24+,25+,26-/m1/s1. The number of Topliss-reactive ketones (excluding diaryl/α,β-unsaturated/α-hetero) is 1. The summed E-state index contributed by atoms with van der Waals surface area (Å²) in [5.74, 6) is 2.46. The monoisotopic (exact) mass is 400 g/mol. The molecular formula is C26H40O3. The fourth-order valence-corrected chi connectivity index (χ4v) is 7.97. The van der Waals surface area contributed by atoms with Gasteiger partial charge in [-0.2, -0.15) is 0 Å². The second-order valence-electron chi connectivity index (χ2n) is 11.3. The molecule has 0 saturated heterocycles. The molecule has 0 aromatic heterocycles. The van der Waals surface area contributed by atoms with Gasteiger partial charge in [0.05, 0.1) is 12.2 Å². The summed E-state index contributed by atoms with van der Waals surface area (Å²) in [4.78, 5) is 11.4. The van der Waals surface area contributed by atoms with Gasteiger partial charge in [-0.25, -0.2) is 0 Å². The van der Waals surface area contributed by atoms with Crippen LogP contribution in [-0.2, 0) is 4.79 Å². The molecule has 3 saturated carbocycles. The number of fused-ring (bicyclic) bond motifs is 5. The van der Waals surface area contributed by atoms with Gasteiger partial charge < -0.3 is 10.2 Å². The van der Waals surface area contributed by atoms with Gasteiger partial charge in [-0.1, -0.05) is 44.1 Å². The number of hydrogen-bond acceptors (Lipinski definition) is 3. The van der Waals surface area contributed by atoms with Gasteiger partial charge in [0.15, 0.2) is 0 Å². The fourth-order valence-electron chi connectivity index (χ4n) is 7.97. The lowest BCUT2D eigenvalue weighted by molar-refractivity contribution is -0.119. The van der Waals surface area contributed by atoms with Gasteiger partial charge >= 0.3 is 0 Å². The number of carbonyl (C=O) groups is 1.